The fourth-order valence-corrected chi connectivity index (χ4v) is 2.29. The van der Waals surface area contributed by atoms with Gasteiger partial charge in [-0.1, -0.05) is 6.07 Å². The van der Waals surface area contributed by atoms with Crippen molar-refractivity contribution in [2.24, 2.45) is 0 Å². The van der Waals surface area contributed by atoms with Crippen LogP contribution in [-0.2, 0) is 11.3 Å². The van der Waals surface area contributed by atoms with E-state index in [2.05, 4.69) is 24.8 Å². The summed E-state index contributed by atoms with van der Waals surface area (Å²) in [6.45, 7) is 7.84. The Balaban J connectivity index is 2.11. The molecule has 100 valence electrons. The Morgan fingerprint density at radius 1 is 1.44 bits per heavy atom. The van der Waals surface area contributed by atoms with Crippen LogP contribution in [0.3, 0.4) is 0 Å². The number of hydrogen-bond donors (Lipinski definition) is 1. The highest BCUT2D eigenvalue weighted by Gasteiger charge is 2.30. The van der Waals surface area contributed by atoms with E-state index in [-0.39, 0.29) is 5.54 Å². The molecule has 2 N–H and O–H groups in total. The molecule has 1 aromatic rings. The van der Waals surface area contributed by atoms with Crippen LogP contribution in [0.25, 0.3) is 0 Å². The number of nitrogen functional groups attached to an aromatic ring is 1. The van der Waals surface area contributed by atoms with Crippen LogP contribution < -0.4 is 10.5 Å². The van der Waals surface area contributed by atoms with Gasteiger partial charge in [0.15, 0.2) is 0 Å². The van der Waals surface area contributed by atoms with Crippen LogP contribution in [0.15, 0.2) is 18.2 Å². The van der Waals surface area contributed by atoms with Gasteiger partial charge < -0.3 is 15.2 Å². The average Bonchev–Trinajstić information content (AvgIpc) is 2.32. The molecule has 0 spiro atoms. The summed E-state index contributed by atoms with van der Waals surface area (Å²) < 4.78 is 10.7. The minimum atomic E-state index is 0.0763. The predicted molar refractivity (Wildman–Crippen MR) is 72.7 cm³/mol. The molecule has 1 heterocycles. The van der Waals surface area contributed by atoms with Gasteiger partial charge in [-0.25, -0.2) is 0 Å². The largest absolute Gasteiger partial charge is 0.495 e. The van der Waals surface area contributed by atoms with Crippen molar-refractivity contribution in [3.05, 3.63) is 23.8 Å². The van der Waals surface area contributed by atoms with E-state index in [0.29, 0.717) is 5.69 Å². The SMILES string of the molecule is COc1ccc(CN2CCOCC2(C)C)cc1N. The Hall–Kier alpha value is -1.26. The lowest BCUT2D eigenvalue weighted by atomic mass is 10.0. The first-order valence-electron chi connectivity index (χ1n) is 6.28. The van der Waals surface area contributed by atoms with E-state index in [1.165, 1.54) is 5.56 Å². The van der Waals surface area contributed by atoms with Crippen molar-refractivity contribution in [1.29, 1.82) is 0 Å². The molecule has 1 saturated heterocycles. The third kappa shape index (κ3) is 2.76. The molecule has 0 saturated carbocycles. The van der Waals surface area contributed by atoms with Crippen molar-refractivity contribution < 1.29 is 9.47 Å². The highest BCUT2D eigenvalue weighted by atomic mass is 16.5. The molecule has 4 heteroatoms. The number of morpholine rings is 1. The molecule has 18 heavy (non-hydrogen) atoms. The lowest BCUT2D eigenvalue weighted by molar-refractivity contribution is -0.0552. The minimum Gasteiger partial charge on any atom is -0.495 e. The number of hydrogen-bond acceptors (Lipinski definition) is 4. The summed E-state index contributed by atoms with van der Waals surface area (Å²) in [7, 11) is 1.64. The van der Waals surface area contributed by atoms with E-state index in [1.807, 2.05) is 12.1 Å². The van der Waals surface area contributed by atoms with Crippen LogP contribution in [-0.4, -0.2) is 37.3 Å². The number of benzene rings is 1. The highest BCUT2D eigenvalue weighted by molar-refractivity contribution is 5.54. The molecular formula is C14H22N2O2. The molecule has 0 amide bonds. The standard InChI is InChI=1S/C14H22N2O2/c1-14(2)10-18-7-6-16(14)9-11-4-5-13(17-3)12(15)8-11/h4-5,8H,6-7,9-10,15H2,1-3H3. The van der Waals surface area contributed by atoms with Crippen molar-refractivity contribution in [2.75, 3.05) is 32.6 Å². The Morgan fingerprint density at radius 3 is 2.83 bits per heavy atom. The second-order valence-corrected chi connectivity index (χ2v) is 5.36. The second kappa shape index (κ2) is 5.16. The van der Waals surface area contributed by atoms with Gasteiger partial charge in [0.25, 0.3) is 0 Å². The second-order valence-electron chi connectivity index (χ2n) is 5.36. The summed E-state index contributed by atoms with van der Waals surface area (Å²) in [5.74, 6) is 0.736. The minimum absolute atomic E-state index is 0.0763. The fraction of sp³-hybridized carbons (Fsp3) is 0.571. The van der Waals surface area contributed by atoms with Crippen LogP contribution in [0.1, 0.15) is 19.4 Å². The maximum Gasteiger partial charge on any atom is 0.141 e. The first-order chi connectivity index (χ1) is 8.53. The van der Waals surface area contributed by atoms with Crippen LogP contribution in [0.5, 0.6) is 5.75 Å². The summed E-state index contributed by atoms with van der Waals surface area (Å²) in [6.07, 6.45) is 0. The number of ether oxygens (including phenoxy) is 2. The predicted octanol–water partition coefficient (Wildman–Crippen LogP) is 1.89. The summed E-state index contributed by atoms with van der Waals surface area (Å²) in [6, 6.07) is 5.99. The first-order valence-corrected chi connectivity index (χ1v) is 6.28. The van der Waals surface area contributed by atoms with Gasteiger partial charge in [0.2, 0.25) is 0 Å². The molecular weight excluding hydrogens is 228 g/mol. The highest BCUT2D eigenvalue weighted by Crippen LogP contribution is 2.26. The zero-order valence-corrected chi connectivity index (χ0v) is 11.4. The molecule has 1 aliphatic heterocycles. The van der Waals surface area contributed by atoms with Crippen molar-refractivity contribution in [3.63, 3.8) is 0 Å². The first kappa shape index (κ1) is 13.2. The topological polar surface area (TPSA) is 47.7 Å². The monoisotopic (exact) mass is 250 g/mol. The van der Waals surface area contributed by atoms with E-state index >= 15 is 0 Å². The van der Waals surface area contributed by atoms with E-state index in [1.54, 1.807) is 7.11 Å². The maximum absolute atomic E-state index is 5.94. The third-order valence-electron chi connectivity index (χ3n) is 3.48. The van der Waals surface area contributed by atoms with Crippen LogP contribution in [0.4, 0.5) is 5.69 Å². The molecule has 1 fully saturated rings. The van der Waals surface area contributed by atoms with E-state index in [4.69, 9.17) is 15.2 Å². The summed E-state index contributed by atoms with van der Waals surface area (Å²) in [5.41, 5.74) is 7.92. The molecule has 1 aromatic carbocycles. The van der Waals surface area contributed by atoms with E-state index < -0.39 is 0 Å². The quantitative estimate of drug-likeness (QED) is 0.832. The Bertz CT molecular complexity index is 418. The van der Waals surface area contributed by atoms with E-state index in [0.717, 1.165) is 32.1 Å². The fourth-order valence-electron chi connectivity index (χ4n) is 2.29. The van der Waals surface area contributed by atoms with Crippen LogP contribution in [0.2, 0.25) is 0 Å². The molecule has 2 rings (SSSR count). The van der Waals surface area contributed by atoms with Crippen molar-refractivity contribution in [1.82, 2.24) is 4.90 Å². The van der Waals surface area contributed by atoms with Crippen molar-refractivity contribution in [3.8, 4) is 5.75 Å². The summed E-state index contributed by atoms with van der Waals surface area (Å²) >= 11 is 0. The van der Waals surface area contributed by atoms with Gasteiger partial charge in [0, 0.05) is 18.6 Å². The molecule has 0 aromatic heterocycles. The van der Waals surface area contributed by atoms with Gasteiger partial charge in [-0.15, -0.1) is 0 Å². The average molecular weight is 250 g/mol. The van der Waals surface area contributed by atoms with Gasteiger partial charge in [-0.3, -0.25) is 4.90 Å². The summed E-state index contributed by atoms with van der Waals surface area (Å²) in [4.78, 5) is 2.43. The maximum atomic E-state index is 5.94. The number of anilines is 1. The lowest BCUT2D eigenvalue weighted by Gasteiger charge is -2.42. The van der Waals surface area contributed by atoms with Gasteiger partial charge in [-0.05, 0) is 31.5 Å². The number of rotatable bonds is 3. The van der Waals surface area contributed by atoms with Crippen molar-refractivity contribution in [2.45, 2.75) is 25.9 Å². The lowest BCUT2D eigenvalue weighted by Crippen LogP contribution is -2.52. The van der Waals surface area contributed by atoms with Gasteiger partial charge >= 0.3 is 0 Å². The molecule has 1 aliphatic rings. The number of nitrogens with two attached hydrogens (primary N) is 1. The van der Waals surface area contributed by atoms with Crippen LogP contribution in [0, 0.1) is 0 Å². The zero-order valence-electron chi connectivity index (χ0n) is 11.4. The molecule has 4 nitrogen and oxygen atoms in total. The molecule has 0 bridgehead atoms. The molecule has 0 atom stereocenters. The molecule has 0 unspecified atom stereocenters. The third-order valence-corrected chi connectivity index (χ3v) is 3.48. The van der Waals surface area contributed by atoms with Gasteiger partial charge in [0.05, 0.1) is 26.0 Å². The smallest absolute Gasteiger partial charge is 0.141 e. The van der Waals surface area contributed by atoms with Crippen LogP contribution >= 0.6 is 0 Å². The summed E-state index contributed by atoms with van der Waals surface area (Å²) in [5, 5.41) is 0. The molecule has 0 aliphatic carbocycles. The number of nitrogens with zero attached hydrogens (tertiary/aromatic N) is 1. The Kier molecular flexibility index (Phi) is 3.78. The number of methoxy groups -OCH3 is 1. The van der Waals surface area contributed by atoms with E-state index in [9.17, 15) is 0 Å². The van der Waals surface area contributed by atoms with Gasteiger partial charge in [0.1, 0.15) is 5.75 Å². The zero-order chi connectivity index (χ0) is 13.2. The Labute approximate surface area is 109 Å². The normalized spacial score (nSPS) is 19.7. The van der Waals surface area contributed by atoms with Crippen molar-refractivity contribution >= 4 is 5.69 Å². The molecule has 0 radical (unpaired) electrons. The Morgan fingerprint density at radius 2 is 2.22 bits per heavy atom. The van der Waals surface area contributed by atoms with Gasteiger partial charge in [-0.2, -0.15) is 0 Å².